The van der Waals surface area contributed by atoms with Gasteiger partial charge in [-0.25, -0.2) is 0 Å². The average Bonchev–Trinajstić information content (AvgIpc) is 2.49. The first-order valence-corrected chi connectivity index (χ1v) is 8.28. The number of amides is 1. The van der Waals surface area contributed by atoms with Gasteiger partial charge >= 0.3 is 0 Å². The molecule has 1 atom stereocenters. The van der Waals surface area contributed by atoms with E-state index in [2.05, 4.69) is 5.32 Å². The highest BCUT2D eigenvalue weighted by molar-refractivity contribution is 6.35. The van der Waals surface area contributed by atoms with Crippen molar-refractivity contribution < 1.29 is 10.1 Å². The van der Waals surface area contributed by atoms with Crippen molar-refractivity contribution in [3.63, 3.8) is 0 Å². The quantitative estimate of drug-likeness (QED) is 0.843. The van der Waals surface area contributed by atoms with E-state index in [0.29, 0.717) is 16.6 Å². The second-order valence-electron chi connectivity index (χ2n) is 5.71. The van der Waals surface area contributed by atoms with E-state index in [1.54, 1.807) is 6.07 Å². The summed E-state index contributed by atoms with van der Waals surface area (Å²) in [7, 11) is 0. The summed E-state index contributed by atoms with van der Waals surface area (Å²) in [5, 5.41) is 6.17. The maximum Gasteiger partial charge on any atom is 0.279 e. The summed E-state index contributed by atoms with van der Waals surface area (Å²) in [6, 6.07) is 11.5. The van der Waals surface area contributed by atoms with Gasteiger partial charge in [-0.05, 0) is 44.0 Å². The lowest BCUT2D eigenvalue weighted by molar-refractivity contribution is -0.682. The van der Waals surface area contributed by atoms with Crippen molar-refractivity contribution in [3.8, 4) is 0 Å². The van der Waals surface area contributed by atoms with E-state index < -0.39 is 0 Å². The van der Waals surface area contributed by atoms with Gasteiger partial charge in [-0.1, -0.05) is 47.5 Å². The van der Waals surface area contributed by atoms with Gasteiger partial charge in [0.1, 0.15) is 6.04 Å². The monoisotopic (exact) mass is 351 g/mol. The highest BCUT2D eigenvalue weighted by Gasteiger charge is 2.15. The molecule has 5 heteroatoms. The van der Waals surface area contributed by atoms with Crippen LogP contribution in [0.1, 0.15) is 29.7 Å². The van der Waals surface area contributed by atoms with Crippen molar-refractivity contribution in [2.45, 2.75) is 26.8 Å². The molecule has 2 aromatic rings. The minimum atomic E-state index is -0.0284. The maximum absolute atomic E-state index is 12.2. The molecule has 1 amide bonds. The van der Waals surface area contributed by atoms with Gasteiger partial charge in [0, 0.05) is 16.3 Å². The highest BCUT2D eigenvalue weighted by Crippen LogP contribution is 2.24. The summed E-state index contributed by atoms with van der Waals surface area (Å²) in [5.74, 6) is -0.0284. The number of anilines is 1. The Hall–Kier alpha value is -1.55. The summed E-state index contributed by atoms with van der Waals surface area (Å²) in [6.45, 7) is 6.32. The summed E-state index contributed by atoms with van der Waals surface area (Å²) >= 11 is 12.1. The van der Waals surface area contributed by atoms with Crippen LogP contribution in [0.5, 0.6) is 0 Å². The van der Waals surface area contributed by atoms with E-state index in [1.807, 2.05) is 56.4 Å². The molecular weight excluding hydrogens is 331 g/mol. The molecule has 0 saturated carbocycles. The molecule has 3 nitrogen and oxygen atoms in total. The average molecular weight is 352 g/mol. The fraction of sp³-hybridized carbons (Fsp3) is 0.278. The van der Waals surface area contributed by atoms with E-state index in [9.17, 15) is 4.79 Å². The Morgan fingerprint density at radius 2 is 1.83 bits per heavy atom. The Morgan fingerprint density at radius 1 is 1.17 bits per heavy atom. The van der Waals surface area contributed by atoms with Gasteiger partial charge in [0.2, 0.25) is 0 Å². The van der Waals surface area contributed by atoms with E-state index >= 15 is 0 Å². The van der Waals surface area contributed by atoms with Crippen molar-refractivity contribution in [1.82, 2.24) is 0 Å². The van der Waals surface area contributed by atoms with E-state index in [0.717, 1.165) is 22.4 Å². The first-order valence-electron chi connectivity index (χ1n) is 7.53. The third-order valence-electron chi connectivity index (χ3n) is 3.86. The van der Waals surface area contributed by atoms with Crippen LogP contribution < -0.4 is 10.6 Å². The van der Waals surface area contributed by atoms with Crippen molar-refractivity contribution in [2.75, 3.05) is 11.9 Å². The first kappa shape index (κ1) is 17.8. The third kappa shape index (κ3) is 4.71. The van der Waals surface area contributed by atoms with Gasteiger partial charge < -0.3 is 10.6 Å². The van der Waals surface area contributed by atoms with Crippen molar-refractivity contribution in [2.24, 2.45) is 0 Å². The van der Waals surface area contributed by atoms with Crippen LogP contribution in [-0.4, -0.2) is 12.5 Å². The summed E-state index contributed by atoms with van der Waals surface area (Å²) in [6.07, 6.45) is 0. The zero-order valence-corrected chi connectivity index (χ0v) is 15.0. The van der Waals surface area contributed by atoms with Gasteiger partial charge in [0.15, 0.2) is 6.54 Å². The Morgan fingerprint density at radius 3 is 2.43 bits per heavy atom. The van der Waals surface area contributed by atoms with E-state index in [1.165, 1.54) is 0 Å². The molecule has 122 valence electrons. The number of aryl methyl sites for hydroxylation is 2. The lowest BCUT2D eigenvalue weighted by Gasteiger charge is -2.14. The van der Waals surface area contributed by atoms with Gasteiger partial charge in [-0.3, -0.25) is 4.79 Å². The predicted molar refractivity (Wildman–Crippen MR) is 96.2 cm³/mol. The first-order chi connectivity index (χ1) is 10.9. The lowest BCUT2D eigenvalue weighted by Crippen LogP contribution is -2.86. The lowest BCUT2D eigenvalue weighted by atomic mass is 10.1. The molecule has 0 fully saturated rings. The molecule has 23 heavy (non-hydrogen) atoms. The number of para-hydroxylation sites is 1. The van der Waals surface area contributed by atoms with Crippen molar-refractivity contribution in [1.29, 1.82) is 0 Å². The summed E-state index contributed by atoms with van der Waals surface area (Å²) < 4.78 is 0. The number of halogens is 2. The SMILES string of the molecule is Cc1cccc(C)c1NC(=O)C[NH2+][C@H](C)c1ccc(Cl)cc1Cl. The van der Waals surface area contributed by atoms with Crippen molar-refractivity contribution >= 4 is 34.8 Å². The second-order valence-corrected chi connectivity index (χ2v) is 6.55. The standard InChI is InChI=1S/C18H20Cl2N2O/c1-11-5-4-6-12(2)18(11)22-17(23)10-21-13(3)15-8-7-14(19)9-16(15)20/h4-9,13,21H,10H2,1-3H3,(H,22,23)/p+1/t13-/m1/s1. The smallest absolute Gasteiger partial charge is 0.279 e. The zero-order chi connectivity index (χ0) is 17.0. The largest absolute Gasteiger partial charge is 0.332 e. The Bertz CT molecular complexity index is 696. The fourth-order valence-corrected chi connectivity index (χ4v) is 3.06. The number of hydrogen-bond acceptors (Lipinski definition) is 1. The van der Waals surface area contributed by atoms with Gasteiger partial charge in [0.25, 0.3) is 5.91 Å². The van der Waals surface area contributed by atoms with Crippen LogP contribution in [0.25, 0.3) is 0 Å². The number of carbonyl (C=O) groups is 1. The molecule has 0 radical (unpaired) electrons. The topological polar surface area (TPSA) is 45.7 Å². The van der Waals surface area contributed by atoms with Crippen LogP contribution in [0.3, 0.4) is 0 Å². The molecule has 0 unspecified atom stereocenters. The minimum absolute atomic E-state index is 0.0284. The molecule has 0 bridgehead atoms. The summed E-state index contributed by atoms with van der Waals surface area (Å²) in [5.41, 5.74) is 3.98. The zero-order valence-electron chi connectivity index (χ0n) is 13.5. The highest BCUT2D eigenvalue weighted by atomic mass is 35.5. The van der Waals surface area contributed by atoms with Crippen LogP contribution in [0.15, 0.2) is 36.4 Å². The molecule has 3 N–H and O–H groups in total. The Labute approximate surface area is 147 Å². The minimum Gasteiger partial charge on any atom is -0.332 e. The molecule has 0 heterocycles. The normalized spacial score (nSPS) is 12.0. The molecular formula is C18H21Cl2N2O+. The molecule has 0 aliphatic carbocycles. The molecule has 2 aromatic carbocycles. The number of benzene rings is 2. The number of nitrogens with two attached hydrogens (primary N) is 1. The molecule has 0 aliphatic heterocycles. The molecule has 0 aromatic heterocycles. The van der Waals surface area contributed by atoms with E-state index in [-0.39, 0.29) is 11.9 Å². The summed E-state index contributed by atoms with van der Waals surface area (Å²) in [4.78, 5) is 12.2. The van der Waals surface area contributed by atoms with Crippen LogP contribution in [-0.2, 0) is 4.79 Å². The Kier molecular flexibility index (Phi) is 6.05. The molecule has 0 saturated heterocycles. The number of quaternary nitrogens is 1. The second kappa shape index (κ2) is 7.82. The van der Waals surface area contributed by atoms with Gasteiger partial charge in [-0.15, -0.1) is 0 Å². The van der Waals surface area contributed by atoms with Crippen LogP contribution in [0.4, 0.5) is 5.69 Å². The van der Waals surface area contributed by atoms with Crippen molar-refractivity contribution in [3.05, 3.63) is 63.1 Å². The number of rotatable bonds is 5. The number of nitrogens with one attached hydrogen (secondary N) is 1. The van der Waals surface area contributed by atoms with Crippen LogP contribution >= 0.6 is 23.2 Å². The van der Waals surface area contributed by atoms with Crippen LogP contribution in [0, 0.1) is 13.8 Å². The van der Waals surface area contributed by atoms with E-state index in [4.69, 9.17) is 23.2 Å². The van der Waals surface area contributed by atoms with Gasteiger partial charge in [0.05, 0.1) is 5.02 Å². The third-order valence-corrected chi connectivity index (χ3v) is 4.42. The fourth-order valence-electron chi connectivity index (χ4n) is 2.48. The molecule has 0 spiro atoms. The Balaban J connectivity index is 1.96. The molecule has 2 rings (SSSR count). The predicted octanol–water partition coefficient (Wildman–Crippen LogP) is 3.87. The van der Waals surface area contributed by atoms with Crippen LogP contribution in [0.2, 0.25) is 10.0 Å². The maximum atomic E-state index is 12.2. The number of hydrogen-bond donors (Lipinski definition) is 2. The number of carbonyl (C=O) groups excluding carboxylic acids is 1. The van der Waals surface area contributed by atoms with Gasteiger partial charge in [-0.2, -0.15) is 0 Å². The molecule has 0 aliphatic rings.